The summed E-state index contributed by atoms with van der Waals surface area (Å²) in [6, 6.07) is 9.19. The van der Waals surface area contributed by atoms with Crippen LogP contribution in [0.1, 0.15) is 0 Å². The van der Waals surface area contributed by atoms with Crippen molar-refractivity contribution in [1.29, 1.82) is 0 Å². The summed E-state index contributed by atoms with van der Waals surface area (Å²) >= 11 is 21.3. The summed E-state index contributed by atoms with van der Waals surface area (Å²) in [5.41, 5.74) is 0.775. The van der Waals surface area contributed by atoms with E-state index in [0.717, 1.165) is 5.69 Å². The van der Waals surface area contributed by atoms with Crippen LogP contribution in [-0.4, -0.2) is 20.2 Å². The summed E-state index contributed by atoms with van der Waals surface area (Å²) in [7, 11) is 0. The lowest BCUT2D eigenvalue weighted by molar-refractivity contribution is 0.165. The Kier molecular flexibility index (Phi) is 5.08. The van der Waals surface area contributed by atoms with E-state index in [1.165, 1.54) is 0 Å². The Morgan fingerprint density at radius 1 is 1.25 bits per heavy atom. The zero-order valence-corrected chi connectivity index (χ0v) is 11.0. The van der Waals surface area contributed by atoms with E-state index in [4.69, 9.17) is 47.0 Å². The highest BCUT2D eigenvalue weighted by atomic mass is 35.6. The van der Waals surface area contributed by atoms with E-state index in [-0.39, 0.29) is 5.11 Å². The molecule has 0 spiro atoms. The second kappa shape index (κ2) is 5.89. The maximum absolute atomic E-state index is 9.40. The van der Waals surface area contributed by atoms with Crippen LogP contribution in [0.25, 0.3) is 0 Å². The molecule has 0 bridgehead atoms. The molecule has 1 aromatic rings. The van der Waals surface area contributed by atoms with Gasteiger partial charge in [0.25, 0.3) is 0 Å². The molecular formula is C9H9Cl3N2OS. The van der Waals surface area contributed by atoms with Gasteiger partial charge in [-0.15, -0.1) is 0 Å². The van der Waals surface area contributed by atoms with Gasteiger partial charge in [0.05, 0.1) is 0 Å². The molecule has 0 radical (unpaired) electrons. The molecule has 0 amide bonds. The molecule has 1 rings (SSSR count). The third-order valence-electron chi connectivity index (χ3n) is 1.61. The van der Waals surface area contributed by atoms with E-state index in [2.05, 4.69) is 10.6 Å². The molecule has 0 saturated heterocycles. The minimum Gasteiger partial charge on any atom is -0.369 e. The molecule has 16 heavy (non-hydrogen) atoms. The van der Waals surface area contributed by atoms with Gasteiger partial charge in [0.1, 0.15) is 0 Å². The maximum Gasteiger partial charge on any atom is 0.234 e. The molecule has 7 heteroatoms. The molecule has 0 aromatic heterocycles. The Bertz CT molecular complexity index is 356. The molecule has 0 aliphatic rings. The number of thiocarbonyl (C=S) groups is 1. The van der Waals surface area contributed by atoms with Gasteiger partial charge in [-0.2, -0.15) is 0 Å². The van der Waals surface area contributed by atoms with Crippen molar-refractivity contribution in [2.24, 2.45) is 0 Å². The number of aliphatic hydroxyl groups excluding tert-OH is 1. The standard InChI is InChI=1S/C9H9Cl3N2OS/c10-9(11,12)7(15)14-8(16)13-6-4-2-1-3-5-6/h1-5,7,15H,(H2,13,14,16). The van der Waals surface area contributed by atoms with E-state index in [9.17, 15) is 5.11 Å². The minimum absolute atomic E-state index is 0.171. The lowest BCUT2D eigenvalue weighted by atomic mass is 10.3. The van der Waals surface area contributed by atoms with E-state index in [0.29, 0.717) is 0 Å². The maximum atomic E-state index is 9.40. The number of hydrogen-bond donors (Lipinski definition) is 3. The third-order valence-corrected chi connectivity index (χ3v) is 2.45. The van der Waals surface area contributed by atoms with Crippen LogP contribution in [-0.2, 0) is 0 Å². The molecule has 0 fully saturated rings. The average Bonchev–Trinajstić information content (AvgIpc) is 2.17. The van der Waals surface area contributed by atoms with Crippen molar-refractivity contribution in [1.82, 2.24) is 5.32 Å². The first-order valence-corrected chi connectivity index (χ1v) is 5.81. The minimum atomic E-state index is -1.83. The highest BCUT2D eigenvalue weighted by Gasteiger charge is 2.31. The number of alkyl halides is 3. The van der Waals surface area contributed by atoms with E-state index in [1.807, 2.05) is 30.3 Å². The van der Waals surface area contributed by atoms with Crippen molar-refractivity contribution in [3.05, 3.63) is 30.3 Å². The van der Waals surface area contributed by atoms with Crippen LogP contribution >= 0.6 is 47.0 Å². The first kappa shape index (κ1) is 13.8. The molecule has 1 unspecified atom stereocenters. The molecule has 0 heterocycles. The number of para-hydroxylation sites is 1. The molecule has 3 nitrogen and oxygen atoms in total. The van der Waals surface area contributed by atoms with Crippen LogP contribution < -0.4 is 10.6 Å². The van der Waals surface area contributed by atoms with Crippen molar-refractivity contribution in [2.45, 2.75) is 10.0 Å². The number of hydrogen-bond acceptors (Lipinski definition) is 2. The molecule has 0 aliphatic heterocycles. The molecule has 1 atom stereocenters. The molecular weight excluding hydrogens is 291 g/mol. The van der Waals surface area contributed by atoms with Gasteiger partial charge >= 0.3 is 0 Å². The van der Waals surface area contributed by atoms with Crippen molar-refractivity contribution < 1.29 is 5.11 Å². The number of aliphatic hydroxyl groups is 1. The topological polar surface area (TPSA) is 44.3 Å². The lowest BCUT2D eigenvalue weighted by Gasteiger charge is -2.21. The second-order valence-corrected chi connectivity index (χ2v) is 5.69. The summed E-state index contributed by atoms with van der Waals surface area (Å²) in [4.78, 5) is 0. The Hall–Kier alpha value is -0.260. The average molecular weight is 300 g/mol. The lowest BCUT2D eigenvalue weighted by Crippen LogP contribution is -2.45. The molecule has 3 N–H and O–H groups in total. The normalized spacial score (nSPS) is 13.0. The fourth-order valence-corrected chi connectivity index (χ4v) is 1.29. The quantitative estimate of drug-likeness (QED) is 0.446. The van der Waals surface area contributed by atoms with Gasteiger partial charge in [-0.3, -0.25) is 0 Å². The van der Waals surface area contributed by atoms with Crippen LogP contribution in [0.2, 0.25) is 0 Å². The third kappa shape index (κ3) is 4.72. The van der Waals surface area contributed by atoms with E-state index < -0.39 is 10.0 Å². The fourth-order valence-electron chi connectivity index (χ4n) is 0.895. The number of benzene rings is 1. The van der Waals surface area contributed by atoms with Crippen LogP contribution in [0.4, 0.5) is 5.69 Å². The van der Waals surface area contributed by atoms with Gasteiger partial charge < -0.3 is 15.7 Å². The zero-order chi connectivity index (χ0) is 12.2. The summed E-state index contributed by atoms with van der Waals surface area (Å²) in [5, 5.41) is 14.8. The van der Waals surface area contributed by atoms with Crippen molar-refractivity contribution >= 4 is 57.8 Å². The Labute approximate surface area is 114 Å². The summed E-state index contributed by atoms with van der Waals surface area (Å²) in [6.45, 7) is 0. The fraction of sp³-hybridized carbons (Fsp3) is 0.222. The summed E-state index contributed by atoms with van der Waals surface area (Å²) in [5.74, 6) is 0. The Morgan fingerprint density at radius 2 is 1.81 bits per heavy atom. The first-order chi connectivity index (χ1) is 7.39. The predicted octanol–water partition coefficient (Wildman–Crippen LogP) is 2.66. The van der Waals surface area contributed by atoms with Crippen LogP contribution in [0.15, 0.2) is 30.3 Å². The highest BCUT2D eigenvalue weighted by molar-refractivity contribution is 7.80. The number of nitrogens with one attached hydrogen (secondary N) is 2. The Balaban J connectivity index is 2.49. The summed E-state index contributed by atoms with van der Waals surface area (Å²) < 4.78 is -1.83. The Morgan fingerprint density at radius 3 is 2.31 bits per heavy atom. The van der Waals surface area contributed by atoms with Crippen molar-refractivity contribution in [3.63, 3.8) is 0 Å². The van der Waals surface area contributed by atoms with Gasteiger partial charge in [-0.25, -0.2) is 0 Å². The zero-order valence-electron chi connectivity index (χ0n) is 7.95. The summed E-state index contributed by atoms with van der Waals surface area (Å²) in [6.07, 6.45) is -1.37. The molecule has 0 aliphatic carbocycles. The SMILES string of the molecule is OC(NC(=S)Nc1ccccc1)C(Cl)(Cl)Cl. The highest BCUT2D eigenvalue weighted by Crippen LogP contribution is 2.28. The second-order valence-electron chi connectivity index (χ2n) is 2.91. The van der Waals surface area contributed by atoms with Crippen molar-refractivity contribution in [2.75, 3.05) is 5.32 Å². The predicted molar refractivity (Wildman–Crippen MR) is 72.1 cm³/mol. The van der Waals surface area contributed by atoms with Crippen LogP contribution in [0.3, 0.4) is 0 Å². The molecule has 0 saturated carbocycles. The van der Waals surface area contributed by atoms with Gasteiger partial charge in [-0.05, 0) is 24.4 Å². The first-order valence-electron chi connectivity index (χ1n) is 4.27. The number of rotatable bonds is 2. The molecule has 88 valence electrons. The molecule has 1 aromatic carbocycles. The van der Waals surface area contributed by atoms with Crippen molar-refractivity contribution in [3.8, 4) is 0 Å². The largest absolute Gasteiger partial charge is 0.369 e. The van der Waals surface area contributed by atoms with Crippen LogP contribution in [0.5, 0.6) is 0 Å². The van der Waals surface area contributed by atoms with Gasteiger partial charge in [0.15, 0.2) is 11.3 Å². The van der Waals surface area contributed by atoms with Crippen LogP contribution in [0, 0.1) is 0 Å². The van der Waals surface area contributed by atoms with Gasteiger partial charge in [-0.1, -0.05) is 53.0 Å². The smallest absolute Gasteiger partial charge is 0.234 e. The van der Waals surface area contributed by atoms with Gasteiger partial charge in [0.2, 0.25) is 3.79 Å². The van der Waals surface area contributed by atoms with Gasteiger partial charge in [0, 0.05) is 5.69 Å². The number of halogens is 3. The van der Waals surface area contributed by atoms with E-state index >= 15 is 0 Å². The van der Waals surface area contributed by atoms with E-state index in [1.54, 1.807) is 0 Å². The monoisotopic (exact) mass is 298 g/mol. The number of anilines is 1.